The fourth-order valence-electron chi connectivity index (χ4n) is 1.23. The molecule has 0 aliphatic rings. The van der Waals surface area contributed by atoms with E-state index in [1.807, 2.05) is 12.1 Å². The second-order valence-corrected chi connectivity index (χ2v) is 4.00. The van der Waals surface area contributed by atoms with Crippen LogP contribution in [0.4, 0.5) is 5.69 Å². The zero-order valence-electron chi connectivity index (χ0n) is 7.32. The zero-order chi connectivity index (χ0) is 9.26. The van der Waals surface area contributed by atoms with E-state index >= 15 is 0 Å². The van der Waals surface area contributed by atoms with Crippen LogP contribution in [0.3, 0.4) is 0 Å². The summed E-state index contributed by atoms with van der Waals surface area (Å²) in [6.07, 6.45) is 1.76. The van der Waals surface area contributed by atoms with E-state index in [0.29, 0.717) is 0 Å². The van der Waals surface area contributed by atoms with E-state index in [1.165, 1.54) is 4.88 Å². The van der Waals surface area contributed by atoms with Gasteiger partial charge in [-0.15, -0.1) is 11.3 Å². The van der Waals surface area contributed by atoms with Gasteiger partial charge in [-0.2, -0.15) is 0 Å². The molecule has 0 unspecified atom stereocenters. The van der Waals surface area contributed by atoms with Crippen LogP contribution in [0.2, 0.25) is 0 Å². The van der Waals surface area contributed by atoms with Crippen molar-refractivity contribution in [1.29, 1.82) is 0 Å². The molecule has 2 rings (SSSR count). The lowest BCUT2D eigenvalue weighted by atomic mass is 10.2. The van der Waals surface area contributed by atoms with Crippen LogP contribution in [0.25, 0.3) is 11.3 Å². The standard InChI is InChI=1S/C10H10N2S/c1-7-5-8(6-13-7)10-9(11)3-2-4-12-10/h2-6H,11H2,1H3. The van der Waals surface area contributed by atoms with Crippen LogP contribution in [0, 0.1) is 6.92 Å². The summed E-state index contributed by atoms with van der Waals surface area (Å²) >= 11 is 1.71. The molecule has 13 heavy (non-hydrogen) atoms. The molecule has 2 N–H and O–H groups in total. The Balaban J connectivity index is 2.52. The van der Waals surface area contributed by atoms with E-state index in [4.69, 9.17) is 5.73 Å². The first kappa shape index (κ1) is 8.26. The third-order valence-electron chi connectivity index (χ3n) is 1.84. The number of nitrogens with zero attached hydrogens (tertiary/aromatic N) is 1. The Hall–Kier alpha value is -1.35. The van der Waals surface area contributed by atoms with Gasteiger partial charge in [0, 0.05) is 22.0 Å². The molecule has 0 bridgehead atoms. The highest BCUT2D eigenvalue weighted by atomic mass is 32.1. The van der Waals surface area contributed by atoms with E-state index in [2.05, 4.69) is 23.4 Å². The molecule has 0 aliphatic heterocycles. The van der Waals surface area contributed by atoms with Crippen molar-refractivity contribution in [3.05, 3.63) is 34.7 Å². The highest BCUT2D eigenvalue weighted by molar-refractivity contribution is 7.10. The maximum absolute atomic E-state index is 5.80. The van der Waals surface area contributed by atoms with Crippen molar-refractivity contribution in [3.63, 3.8) is 0 Å². The molecule has 0 saturated heterocycles. The quantitative estimate of drug-likeness (QED) is 0.751. The predicted molar refractivity (Wildman–Crippen MR) is 56.7 cm³/mol. The van der Waals surface area contributed by atoms with Crippen molar-refractivity contribution in [2.24, 2.45) is 0 Å². The van der Waals surface area contributed by atoms with E-state index < -0.39 is 0 Å². The Morgan fingerprint density at radius 3 is 2.92 bits per heavy atom. The van der Waals surface area contributed by atoms with Crippen molar-refractivity contribution in [2.45, 2.75) is 6.92 Å². The number of rotatable bonds is 1. The normalized spacial score (nSPS) is 10.2. The minimum Gasteiger partial charge on any atom is -0.397 e. The molecule has 0 atom stereocenters. The minimum atomic E-state index is 0.736. The molecule has 2 aromatic rings. The lowest BCUT2D eigenvalue weighted by molar-refractivity contribution is 1.33. The van der Waals surface area contributed by atoms with Crippen molar-refractivity contribution in [1.82, 2.24) is 4.98 Å². The molecule has 2 heterocycles. The van der Waals surface area contributed by atoms with Crippen LogP contribution in [0.5, 0.6) is 0 Å². The van der Waals surface area contributed by atoms with Gasteiger partial charge >= 0.3 is 0 Å². The molecule has 2 aromatic heterocycles. The molecular formula is C10H10N2S. The van der Waals surface area contributed by atoms with Gasteiger partial charge in [0.05, 0.1) is 11.4 Å². The molecule has 3 heteroatoms. The molecule has 0 aromatic carbocycles. The lowest BCUT2D eigenvalue weighted by Crippen LogP contribution is -1.90. The number of aryl methyl sites for hydroxylation is 1. The van der Waals surface area contributed by atoms with E-state index in [0.717, 1.165) is 16.9 Å². The number of aromatic nitrogens is 1. The Morgan fingerprint density at radius 2 is 2.31 bits per heavy atom. The number of thiophene rings is 1. The van der Waals surface area contributed by atoms with Gasteiger partial charge in [-0.1, -0.05) is 0 Å². The number of hydrogen-bond acceptors (Lipinski definition) is 3. The van der Waals surface area contributed by atoms with Crippen molar-refractivity contribution in [3.8, 4) is 11.3 Å². The van der Waals surface area contributed by atoms with Crippen LogP contribution in [-0.2, 0) is 0 Å². The highest BCUT2D eigenvalue weighted by Crippen LogP contribution is 2.27. The van der Waals surface area contributed by atoms with E-state index in [-0.39, 0.29) is 0 Å². The number of nitrogen functional groups attached to an aromatic ring is 1. The first-order chi connectivity index (χ1) is 6.27. The highest BCUT2D eigenvalue weighted by Gasteiger charge is 2.04. The Kier molecular flexibility index (Phi) is 2.02. The molecule has 0 saturated carbocycles. The molecular weight excluding hydrogens is 180 g/mol. The van der Waals surface area contributed by atoms with Gasteiger partial charge in [0.25, 0.3) is 0 Å². The monoisotopic (exact) mass is 190 g/mol. The molecule has 66 valence electrons. The minimum absolute atomic E-state index is 0.736. The fourth-order valence-corrected chi connectivity index (χ4v) is 1.91. The Morgan fingerprint density at radius 1 is 1.46 bits per heavy atom. The SMILES string of the molecule is Cc1cc(-c2ncccc2N)cs1. The van der Waals surface area contributed by atoms with Gasteiger partial charge in [0.1, 0.15) is 0 Å². The van der Waals surface area contributed by atoms with Crippen LogP contribution >= 0.6 is 11.3 Å². The average Bonchev–Trinajstić information content (AvgIpc) is 2.53. The smallest absolute Gasteiger partial charge is 0.0939 e. The summed E-state index contributed by atoms with van der Waals surface area (Å²) in [5, 5.41) is 2.08. The van der Waals surface area contributed by atoms with Gasteiger partial charge in [0.15, 0.2) is 0 Å². The summed E-state index contributed by atoms with van der Waals surface area (Å²) in [6.45, 7) is 2.08. The first-order valence-corrected chi connectivity index (χ1v) is 4.91. The largest absolute Gasteiger partial charge is 0.397 e. The van der Waals surface area contributed by atoms with Crippen LogP contribution in [0.15, 0.2) is 29.8 Å². The number of nitrogens with two attached hydrogens (primary N) is 1. The number of pyridine rings is 1. The molecule has 0 fully saturated rings. The van der Waals surface area contributed by atoms with E-state index in [1.54, 1.807) is 17.5 Å². The molecule has 0 radical (unpaired) electrons. The maximum atomic E-state index is 5.80. The summed E-state index contributed by atoms with van der Waals surface area (Å²) in [5.41, 5.74) is 8.53. The second kappa shape index (κ2) is 3.18. The first-order valence-electron chi connectivity index (χ1n) is 4.03. The van der Waals surface area contributed by atoms with Gasteiger partial charge in [0.2, 0.25) is 0 Å². The van der Waals surface area contributed by atoms with Gasteiger partial charge in [-0.3, -0.25) is 4.98 Å². The van der Waals surface area contributed by atoms with Gasteiger partial charge in [-0.05, 0) is 25.1 Å². The Labute approximate surface area is 81.1 Å². The summed E-state index contributed by atoms with van der Waals surface area (Å²) in [4.78, 5) is 5.52. The fraction of sp³-hybridized carbons (Fsp3) is 0.100. The third-order valence-corrected chi connectivity index (χ3v) is 2.70. The van der Waals surface area contributed by atoms with Gasteiger partial charge in [-0.25, -0.2) is 0 Å². The number of anilines is 1. The predicted octanol–water partition coefficient (Wildman–Crippen LogP) is 2.70. The van der Waals surface area contributed by atoms with Crippen LogP contribution < -0.4 is 5.73 Å². The Bertz CT molecular complexity index is 420. The van der Waals surface area contributed by atoms with Crippen molar-refractivity contribution >= 4 is 17.0 Å². The number of hydrogen-bond donors (Lipinski definition) is 1. The van der Waals surface area contributed by atoms with Crippen molar-refractivity contribution in [2.75, 3.05) is 5.73 Å². The summed E-state index contributed by atoms with van der Waals surface area (Å²) in [6, 6.07) is 5.82. The molecule has 0 amide bonds. The summed E-state index contributed by atoms with van der Waals surface area (Å²) in [7, 11) is 0. The topological polar surface area (TPSA) is 38.9 Å². The lowest BCUT2D eigenvalue weighted by Gasteiger charge is -1.99. The maximum Gasteiger partial charge on any atom is 0.0939 e. The third kappa shape index (κ3) is 1.55. The van der Waals surface area contributed by atoms with Crippen molar-refractivity contribution < 1.29 is 0 Å². The van der Waals surface area contributed by atoms with Crippen LogP contribution in [-0.4, -0.2) is 4.98 Å². The second-order valence-electron chi connectivity index (χ2n) is 2.89. The summed E-state index contributed by atoms with van der Waals surface area (Å²) < 4.78 is 0. The average molecular weight is 190 g/mol. The molecule has 0 spiro atoms. The van der Waals surface area contributed by atoms with E-state index in [9.17, 15) is 0 Å². The zero-order valence-corrected chi connectivity index (χ0v) is 8.14. The van der Waals surface area contributed by atoms with Gasteiger partial charge < -0.3 is 5.73 Å². The molecule has 2 nitrogen and oxygen atoms in total. The summed E-state index contributed by atoms with van der Waals surface area (Å²) in [5.74, 6) is 0. The van der Waals surface area contributed by atoms with Crippen LogP contribution in [0.1, 0.15) is 4.88 Å². The molecule has 0 aliphatic carbocycles.